The number of carboxylic acids is 1. The van der Waals surface area contributed by atoms with Gasteiger partial charge in [0.2, 0.25) is 17.5 Å². The van der Waals surface area contributed by atoms with Crippen molar-refractivity contribution in [1.29, 1.82) is 0 Å². The van der Waals surface area contributed by atoms with Crippen molar-refractivity contribution in [3.63, 3.8) is 0 Å². The van der Waals surface area contributed by atoms with Gasteiger partial charge in [0.15, 0.2) is 0 Å². The zero-order valence-electron chi connectivity index (χ0n) is 14.4. The van der Waals surface area contributed by atoms with Crippen molar-refractivity contribution in [2.75, 3.05) is 0 Å². The summed E-state index contributed by atoms with van der Waals surface area (Å²) in [4.78, 5) is 50.0. The molecule has 8 nitrogen and oxygen atoms in total. The normalized spacial score (nSPS) is 15.1. The zero-order valence-corrected chi connectivity index (χ0v) is 14.4. The lowest BCUT2D eigenvalue weighted by atomic mass is 10.0. The lowest BCUT2D eigenvalue weighted by Gasteiger charge is -2.19. The average molecular weight is 367 g/mol. The van der Waals surface area contributed by atoms with Crippen LogP contribution in [0.25, 0.3) is 10.9 Å². The molecule has 0 bridgehead atoms. The summed E-state index contributed by atoms with van der Waals surface area (Å²) in [6.45, 7) is 1.22. The highest BCUT2D eigenvalue weighted by molar-refractivity contribution is 6.20. The second-order valence-corrected chi connectivity index (χ2v) is 6.12. The molecule has 0 aliphatic heterocycles. The molecule has 0 saturated carbocycles. The van der Waals surface area contributed by atoms with Gasteiger partial charge in [0.1, 0.15) is 6.04 Å². The summed E-state index contributed by atoms with van der Waals surface area (Å²) >= 11 is 0. The first-order valence-electron chi connectivity index (χ1n) is 8.19. The first-order chi connectivity index (χ1) is 12.8. The number of para-hydroxylation sites is 1. The first kappa shape index (κ1) is 18.1. The topological polar surface area (TPSA) is 128 Å². The van der Waals surface area contributed by atoms with Crippen LogP contribution in [0.5, 0.6) is 0 Å². The Hall–Kier alpha value is -3.68. The van der Waals surface area contributed by atoms with Gasteiger partial charge in [0.25, 0.3) is 0 Å². The molecule has 1 atom stereocenters. The lowest BCUT2D eigenvalue weighted by Crippen LogP contribution is -2.41. The summed E-state index contributed by atoms with van der Waals surface area (Å²) in [5.41, 5.74) is 1.39. The Bertz CT molecular complexity index is 1020. The van der Waals surface area contributed by atoms with E-state index in [0.29, 0.717) is 0 Å². The molecule has 1 aliphatic rings. The number of benzene rings is 1. The third kappa shape index (κ3) is 3.95. The molecule has 2 aromatic rings. The van der Waals surface area contributed by atoms with Gasteiger partial charge in [0, 0.05) is 42.6 Å². The maximum absolute atomic E-state index is 12.2. The number of carboxylic acid groups (broad SMARTS) is 1. The van der Waals surface area contributed by atoms with Crippen LogP contribution in [0.2, 0.25) is 0 Å². The third-order valence-electron chi connectivity index (χ3n) is 4.12. The quantitative estimate of drug-likeness (QED) is 0.559. The van der Waals surface area contributed by atoms with Crippen molar-refractivity contribution in [3.8, 4) is 0 Å². The summed E-state index contributed by atoms with van der Waals surface area (Å²) in [5.74, 6) is -2.79. The van der Waals surface area contributed by atoms with E-state index < -0.39 is 29.5 Å². The summed E-state index contributed by atoms with van der Waals surface area (Å²) in [7, 11) is 0. The monoisotopic (exact) mass is 367 g/mol. The number of ketones is 2. The highest BCUT2D eigenvalue weighted by Crippen LogP contribution is 2.20. The predicted octanol–water partition coefficient (Wildman–Crippen LogP) is 0.809. The largest absolute Gasteiger partial charge is 0.480 e. The predicted molar refractivity (Wildman–Crippen MR) is 96.6 cm³/mol. The van der Waals surface area contributed by atoms with Gasteiger partial charge in [-0.15, -0.1) is 0 Å². The maximum Gasteiger partial charge on any atom is 0.326 e. The van der Waals surface area contributed by atoms with E-state index >= 15 is 0 Å². The number of amides is 1. The molecular formula is C19H17N3O5. The number of H-pyrrole nitrogens is 1. The van der Waals surface area contributed by atoms with Crippen molar-refractivity contribution in [1.82, 2.24) is 15.6 Å². The maximum atomic E-state index is 12.2. The van der Waals surface area contributed by atoms with Gasteiger partial charge >= 0.3 is 5.97 Å². The summed E-state index contributed by atoms with van der Waals surface area (Å²) < 4.78 is 0. The molecule has 0 radical (unpaired) electrons. The third-order valence-corrected chi connectivity index (χ3v) is 4.12. The molecule has 4 N–H and O–H groups in total. The van der Waals surface area contributed by atoms with Gasteiger partial charge in [-0.05, 0) is 11.6 Å². The minimum atomic E-state index is -1.15. The van der Waals surface area contributed by atoms with E-state index in [9.17, 15) is 24.3 Å². The molecule has 3 rings (SSSR count). The summed E-state index contributed by atoms with van der Waals surface area (Å²) in [6.07, 6.45) is 3.81. The van der Waals surface area contributed by atoms with Crippen molar-refractivity contribution in [3.05, 3.63) is 59.6 Å². The fourth-order valence-electron chi connectivity index (χ4n) is 2.87. The van der Waals surface area contributed by atoms with Crippen LogP contribution in [0, 0.1) is 0 Å². The van der Waals surface area contributed by atoms with Gasteiger partial charge in [-0.1, -0.05) is 18.2 Å². The number of carbonyl (C=O) groups excluding carboxylic acids is 3. The number of aromatic nitrogens is 1. The van der Waals surface area contributed by atoms with Crippen LogP contribution in [0.1, 0.15) is 12.5 Å². The van der Waals surface area contributed by atoms with E-state index in [-0.39, 0.29) is 17.8 Å². The van der Waals surface area contributed by atoms with Gasteiger partial charge in [-0.2, -0.15) is 0 Å². The molecule has 0 fully saturated rings. The Morgan fingerprint density at radius 2 is 1.78 bits per heavy atom. The Kier molecular flexibility index (Phi) is 4.89. The van der Waals surface area contributed by atoms with E-state index in [0.717, 1.165) is 28.6 Å². The van der Waals surface area contributed by atoms with E-state index in [1.54, 1.807) is 6.20 Å². The molecule has 0 spiro atoms. The molecule has 1 amide bonds. The van der Waals surface area contributed by atoms with Gasteiger partial charge in [0.05, 0.1) is 11.4 Å². The lowest BCUT2D eigenvalue weighted by molar-refractivity contribution is -0.139. The molecule has 1 heterocycles. The number of aliphatic carboxylic acids is 1. The molecule has 1 aromatic carbocycles. The fraction of sp³-hybridized carbons (Fsp3) is 0.158. The summed E-state index contributed by atoms with van der Waals surface area (Å²) in [5, 5.41) is 15.3. The van der Waals surface area contributed by atoms with Gasteiger partial charge in [-0.25, -0.2) is 4.79 Å². The van der Waals surface area contributed by atoms with E-state index in [1.165, 1.54) is 6.92 Å². The van der Waals surface area contributed by atoms with Crippen LogP contribution in [-0.2, 0) is 25.6 Å². The van der Waals surface area contributed by atoms with Crippen molar-refractivity contribution >= 4 is 34.3 Å². The molecule has 1 aromatic heterocycles. The molecule has 0 saturated heterocycles. The van der Waals surface area contributed by atoms with Crippen LogP contribution in [0.15, 0.2) is 54.0 Å². The molecule has 0 unspecified atom stereocenters. The van der Waals surface area contributed by atoms with Crippen LogP contribution in [-0.4, -0.2) is 39.6 Å². The molecular weight excluding hydrogens is 350 g/mol. The number of carbonyl (C=O) groups is 4. The van der Waals surface area contributed by atoms with Crippen molar-refractivity contribution in [2.45, 2.75) is 19.4 Å². The standard InChI is InChI=1S/C19H17N3O5/c1-10(23)21-14-7-18(25)15(8-17(14)24)22-16(19(26)27)6-11-9-20-13-5-3-2-4-12(11)13/h2-5,7-9,16,20,22H,6H2,1H3,(H,21,23)(H,26,27)/t16-/m0/s1. The van der Waals surface area contributed by atoms with E-state index in [2.05, 4.69) is 15.6 Å². The van der Waals surface area contributed by atoms with E-state index in [4.69, 9.17) is 0 Å². The highest BCUT2D eigenvalue weighted by Gasteiger charge is 2.26. The van der Waals surface area contributed by atoms with Crippen molar-refractivity contribution < 1.29 is 24.3 Å². The highest BCUT2D eigenvalue weighted by atomic mass is 16.4. The fourth-order valence-corrected chi connectivity index (χ4v) is 2.87. The number of rotatable bonds is 6. The first-order valence-corrected chi connectivity index (χ1v) is 8.19. The Balaban J connectivity index is 1.79. The number of hydrogen-bond donors (Lipinski definition) is 4. The number of fused-ring (bicyclic) bond motifs is 1. The molecule has 138 valence electrons. The van der Waals surface area contributed by atoms with Gasteiger partial charge < -0.3 is 20.7 Å². The van der Waals surface area contributed by atoms with Crippen LogP contribution >= 0.6 is 0 Å². The number of hydrogen-bond acceptors (Lipinski definition) is 5. The SMILES string of the molecule is CC(=O)NC1=CC(=O)C(N[C@@H](Cc2c[nH]c3ccccc23)C(=O)O)=CC1=O. The zero-order chi connectivity index (χ0) is 19.6. The molecule has 27 heavy (non-hydrogen) atoms. The van der Waals surface area contributed by atoms with Crippen LogP contribution < -0.4 is 10.6 Å². The second kappa shape index (κ2) is 7.28. The minimum Gasteiger partial charge on any atom is -0.480 e. The van der Waals surface area contributed by atoms with Gasteiger partial charge in [-0.3, -0.25) is 14.4 Å². The van der Waals surface area contributed by atoms with Crippen LogP contribution in [0.4, 0.5) is 0 Å². The smallest absolute Gasteiger partial charge is 0.326 e. The Morgan fingerprint density at radius 1 is 1.11 bits per heavy atom. The van der Waals surface area contributed by atoms with Crippen molar-refractivity contribution in [2.24, 2.45) is 0 Å². The van der Waals surface area contributed by atoms with E-state index in [1.807, 2.05) is 24.3 Å². The Morgan fingerprint density at radius 3 is 2.48 bits per heavy atom. The summed E-state index contributed by atoms with van der Waals surface area (Å²) in [6, 6.07) is 6.36. The van der Waals surface area contributed by atoms with Crippen LogP contribution in [0.3, 0.4) is 0 Å². The number of aromatic amines is 1. The molecule has 8 heteroatoms. The number of allylic oxidation sites excluding steroid dienone is 2. The number of nitrogens with one attached hydrogen (secondary N) is 3. The molecule has 1 aliphatic carbocycles. The second-order valence-electron chi connectivity index (χ2n) is 6.12. The average Bonchev–Trinajstić information content (AvgIpc) is 3.01. The minimum absolute atomic E-state index is 0.112. The Labute approximate surface area is 153 Å².